The second-order valence-electron chi connectivity index (χ2n) is 9.71. The summed E-state index contributed by atoms with van der Waals surface area (Å²) < 4.78 is 7.49. The van der Waals surface area contributed by atoms with Crippen LogP contribution in [0.2, 0.25) is 0 Å². The fraction of sp³-hybridized carbons (Fsp3) is 0.478. The zero-order chi connectivity index (χ0) is 23.3. The van der Waals surface area contributed by atoms with Gasteiger partial charge in [0.1, 0.15) is 22.7 Å². The van der Waals surface area contributed by atoms with Gasteiger partial charge in [-0.05, 0) is 51.8 Å². The van der Waals surface area contributed by atoms with E-state index in [1.165, 1.54) is 0 Å². The van der Waals surface area contributed by atoms with Crippen molar-refractivity contribution in [3.63, 3.8) is 0 Å². The fourth-order valence-corrected chi connectivity index (χ4v) is 4.47. The number of benzene rings is 1. The summed E-state index contributed by atoms with van der Waals surface area (Å²) in [6, 6.07) is 8.27. The van der Waals surface area contributed by atoms with Crippen molar-refractivity contribution in [2.45, 2.75) is 58.3 Å². The van der Waals surface area contributed by atoms with Crippen LogP contribution in [-0.2, 0) is 11.3 Å². The predicted molar refractivity (Wildman–Crippen MR) is 122 cm³/mol. The second kappa shape index (κ2) is 7.87. The van der Waals surface area contributed by atoms with Crippen LogP contribution in [0.1, 0.15) is 38.6 Å². The van der Waals surface area contributed by atoms with Crippen LogP contribution in [0.15, 0.2) is 30.6 Å². The van der Waals surface area contributed by atoms with Crippen LogP contribution < -0.4 is 10.6 Å². The summed E-state index contributed by atoms with van der Waals surface area (Å²) in [5, 5.41) is 1.98. The zero-order valence-electron chi connectivity index (χ0n) is 19.4. The van der Waals surface area contributed by atoms with Gasteiger partial charge in [0.25, 0.3) is 0 Å². The van der Waals surface area contributed by atoms with Crippen LogP contribution in [0.5, 0.6) is 5.75 Å². The van der Waals surface area contributed by atoms with Crippen LogP contribution in [0.3, 0.4) is 0 Å². The van der Waals surface area contributed by atoms with Gasteiger partial charge in [0.2, 0.25) is 0 Å². The summed E-state index contributed by atoms with van der Waals surface area (Å²) in [6.45, 7) is 9.39. The SMILES string of the molecule is Cc1nc(N)c2ncn(Cc3ccc(ON4C[C@@H]5C[C@H]4CN5C(=O)OC(C)(C)C)cc3)c2n1. The first kappa shape index (κ1) is 21.4. The van der Waals surface area contributed by atoms with Crippen molar-refractivity contribution in [2.75, 3.05) is 18.8 Å². The van der Waals surface area contributed by atoms with Gasteiger partial charge in [-0.15, -0.1) is 5.06 Å². The van der Waals surface area contributed by atoms with E-state index in [0.717, 1.165) is 23.4 Å². The molecule has 33 heavy (non-hydrogen) atoms. The molecule has 0 spiro atoms. The Morgan fingerprint density at radius 1 is 1.15 bits per heavy atom. The number of nitrogens with two attached hydrogens (primary N) is 1. The lowest BCUT2D eigenvalue weighted by molar-refractivity contribution is -0.0958. The highest BCUT2D eigenvalue weighted by molar-refractivity contribution is 5.81. The summed E-state index contributed by atoms with van der Waals surface area (Å²) >= 11 is 0. The normalized spacial score (nSPS) is 20.5. The fourth-order valence-electron chi connectivity index (χ4n) is 4.47. The van der Waals surface area contributed by atoms with Crippen molar-refractivity contribution in [1.82, 2.24) is 29.5 Å². The summed E-state index contributed by atoms with van der Waals surface area (Å²) in [6.07, 6.45) is 2.39. The van der Waals surface area contributed by atoms with Gasteiger partial charge < -0.3 is 24.8 Å². The molecule has 2 aliphatic heterocycles. The van der Waals surface area contributed by atoms with Crippen molar-refractivity contribution in [3.8, 4) is 5.75 Å². The topological polar surface area (TPSA) is 112 Å². The van der Waals surface area contributed by atoms with E-state index < -0.39 is 5.60 Å². The van der Waals surface area contributed by atoms with E-state index in [1.54, 1.807) is 6.33 Å². The smallest absolute Gasteiger partial charge is 0.410 e. The molecule has 10 nitrogen and oxygen atoms in total. The number of likely N-dealkylation sites (tertiary alicyclic amines) is 1. The Labute approximate surface area is 192 Å². The molecule has 0 radical (unpaired) electrons. The number of hydrogen-bond acceptors (Lipinski definition) is 8. The van der Waals surface area contributed by atoms with E-state index in [9.17, 15) is 4.79 Å². The summed E-state index contributed by atoms with van der Waals surface area (Å²) in [7, 11) is 0. The monoisotopic (exact) mass is 451 g/mol. The molecule has 0 unspecified atom stereocenters. The number of nitrogens with zero attached hydrogens (tertiary/aromatic N) is 6. The largest absolute Gasteiger partial charge is 0.444 e. The number of piperazine rings is 1. The zero-order valence-corrected chi connectivity index (χ0v) is 19.4. The number of rotatable bonds is 4. The van der Waals surface area contributed by atoms with Crippen LogP contribution >= 0.6 is 0 Å². The van der Waals surface area contributed by atoms with Gasteiger partial charge in [-0.25, -0.2) is 19.7 Å². The van der Waals surface area contributed by atoms with Gasteiger partial charge in [-0.1, -0.05) is 12.1 Å². The number of aryl methyl sites for hydroxylation is 1. The lowest BCUT2D eigenvalue weighted by Crippen LogP contribution is -2.50. The number of amides is 1. The first-order valence-corrected chi connectivity index (χ1v) is 11.1. The average Bonchev–Trinajstić information content (AvgIpc) is 3.43. The predicted octanol–water partition coefficient (Wildman–Crippen LogP) is 2.75. The number of hydrogen-bond donors (Lipinski definition) is 1. The Kier molecular flexibility index (Phi) is 5.12. The third kappa shape index (κ3) is 4.30. The maximum Gasteiger partial charge on any atom is 0.410 e. The highest BCUT2D eigenvalue weighted by Gasteiger charge is 2.47. The standard InChI is InChI=1S/C23H29N7O3/c1-14-26-20(24)19-21(27-14)28(13-25-19)10-15-5-7-18(8-6-15)33-30-12-16-9-17(30)11-29(16)22(31)32-23(2,3)4/h5-8,13,16-17H,9-12H2,1-4H3,(H2,24,26,27)/t16-,17-/m0/s1. The van der Waals surface area contributed by atoms with E-state index in [-0.39, 0.29) is 18.2 Å². The van der Waals surface area contributed by atoms with Gasteiger partial charge in [0.05, 0.1) is 31.5 Å². The first-order chi connectivity index (χ1) is 15.7. The maximum atomic E-state index is 12.4. The molecule has 2 aromatic heterocycles. The average molecular weight is 452 g/mol. The van der Waals surface area contributed by atoms with Gasteiger partial charge >= 0.3 is 6.09 Å². The number of aromatic nitrogens is 4. The molecule has 2 aliphatic rings. The van der Waals surface area contributed by atoms with E-state index in [0.29, 0.717) is 36.8 Å². The Bertz CT molecular complexity index is 1190. The van der Waals surface area contributed by atoms with Crippen LogP contribution in [0.4, 0.5) is 10.6 Å². The van der Waals surface area contributed by atoms with E-state index in [4.69, 9.17) is 15.3 Å². The molecular weight excluding hydrogens is 422 g/mol. The quantitative estimate of drug-likeness (QED) is 0.645. The summed E-state index contributed by atoms with van der Waals surface area (Å²) in [5.41, 5.74) is 7.91. The minimum Gasteiger partial charge on any atom is -0.444 e. The summed E-state index contributed by atoms with van der Waals surface area (Å²) in [4.78, 5) is 33.4. The van der Waals surface area contributed by atoms with E-state index >= 15 is 0 Å². The number of hydroxylamine groups is 2. The Morgan fingerprint density at radius 3 is 2.58 bits per heavy atom. The maximum absolute atomic E-state index is 12.4. The number of imidazole rings is 1. The van der Waals surface area contributed by atoms with Crippen LogP contribution in [0.25, 0.3) is 11.2 Å². The minimum absolute atomic E-state index is 0.122. The molecule has 2 atom stereocenters. The molecular formula is C23H29N7O3. The van der Waals surface area contributed by atoms with Crippen molar-refractivity contribution < 1.29 is 14.4 Å². The number of anilines is 1. The molecule has 3 aromatic rings. The third-order valence-electron chi connectivity index (χ3n) is 5.92. The molecule has 0 saturated carbocycles. The lowest BCUT2D eigenvalue weighted by Gasteiger charge is -2.34. The molecule has 1 amide bonds. The molecule has 174 valence electrons. The highest BCUT2D eigenvalue weighted by atomic mass is 16.7. The molecule has 5 rings (SSSR count). The van der Waals surface area contributed by atoms with Gasteiger partial charge in [-0.2, -0.15) is 0 Å². The van der Waals surface area contributed by atoms with Crippen molar-refractivity contribution >= 4 is 23.1 Å². The molecule has 1 aromatic carbocycles. The Hall–Kier alpha value is -3.40. The molecule has 2 saturated heterocycles. The number of nitrogen functional groups attached to an aromatic ring is 1. The Morgan fingerprint density at radius 2 is 1.91 bits per heavy atom. The van der Waals surface area contributed by atoms with Crippen LogP contribution in [-0.4, -0.2) is 66.3 Å². The van der Waals surface area contributed by atoms with Gasteiger partial charge in [0.15, 0.2) is 11.5 Å². The number of carbonyl (C=O) groups is 1. The Balaban J connectivity index is 1.20. The van der Waals surface area contributed by atoms with E-state index in [2.05, 4.69) is 15.0 Å². The molecule has 4 heterocycles. The van der Waals surface area contributed by atoms with Crippen molar-refractivity contribution in [3.05, 3.63) is 42.0 Å². The minimum atomic E-state index is -0.488. The highest BCUT2D eigenvalue weighted by Crippen LogP contribution is 2.33. The second-order valence-corrected chi connectivity index (χ2v) is 9.71. The number of fused-ring (bicyclic) bond motifs is 3. The molecule has 2 fully saturated rings. The first-order valence-electron chi connectivity index (χ1n) is 11.1. The summed E-state index contributed by atoms with van der Waals surface area (Å²) in [5.74, 6) is 1.79. The van der Waals surface area contributed by atoms with Gasteiger partial charge in [0, 0.05) is 6.54 Å². The molecule has 2 N–H and O–H groups in total. The number of carbonyl (C=O) groups excluding carboxylic acids is 1. The molecule has 2 bridgehead atoms. The van der Waals surface area contributed by atoms with Crippen molar-refractivity contribution in [2.24, 2.45) is 0 Å². The van der Waals surface area contributed by atoms with E-state index in [1.807, 2.05) is 66.5 Å². The third-order valence-corrected chi connectivity index (χ3v) is 5.92. The molecule has 10 heteroatoms. The molecule has 0 aliphatic carbocycles. The van der Waals surface area contributed by atoms with Gasteiger partial charge in [-0.3, -0.25) is 0 Å². The van der Waals surface area contributed by atoms with Crippen molar-refractivity contribution in [1.29, 1.82) is 0 Å². The number of ether oxygens (including phenoxy) is 1. The lowest BCUT2D eigenvalue weighted by atomic mass is 10.2. The van der Waals surface area contributed by atoms with Crippen LogP contribution in [0, 0.1) is 6.92 Å².